The molecule has 0 amide bonds. The van der Waals surface area contributed by atoms with Crippen molar-refractivity contribution in [2.45, 2.75) is 78.7 Å². The second-order valence-electron chi connectivity index (χ2n) is 14.2. The number of nitrogens with zero attached hydrogens (tertiary/aromatic N) is 6. The Bertz CT molecular complexity index is 1580. The molecule has 5 rings (SSSR count). The van der Waals surface area contributed by atoms with Crippen molar-refractivity contribution >= 4 is 0 Å². The fourth-order valence-corrected chi connectivity index (χ4v) is 6.61. The Morgan fingerprint density at radius 1 is 0.740 bits per heavy atom. The number of benzene rings is 3. The second kappa shape index (κ2) is 18.6. The van der Waals surface area contributed by atoms with Crippen LogP contribution in [0.15, 0.2) is 72.8 Å². The minimum Gasteiger partial charge on any atom is -0.491 e. The van der Waals surface area contributed by atoms with E-state index < -0.39 is 0 Å². The topological polar surface area (TPSA) is 58.9 Å². The molecule has 8 heteroatoms. The van der Waals surface area contributed by atoms with Crippen LogP contribution in [0.2, 0.25) is 0 Å². The van der Waals surface area contributed by atoms with E-state index >= 15 is 0 Å². The normalized spacial score (nSPS) is 15.4. The first-order valence-electron chi connectivity index (χ1n) is 18.9. The number of unbranched alkanes of at least 4 members (excludes halogenated alkanes) is 3. The predicted octanol–water partition coefficient (Wildman–Crippen LogP) is 8.26. The van der Waals surface area contributed by atoms with Crippen molar-refractivity contribution in [3.8, 4) is 34.0 Å². The summed E-state index contributed by atoms with van der Waals surface area (Å²) in [4.78, 5) is 7.50. The van der Waals surface area contributed by atoms with E-state index in [1.807, 2.05) is 13.0 Å². The fraction of sp³-hybridized carbons (Fsp3) is 0.524. The highest BCUT2D eigenvalue weighted by Gasteiger charge is 2.26. The van der Waals surface area contributed by atoms with Gasteiger partial charge in [-0.15, -0.1) is 10.2 Å². The van der Waals surface area contributed by atoms with E-state index in [-0.39, 0.29) is 5.60 Å². The van der Waals surface area contributed by atoms with Crippen molar-refractivity contribution in [2.75, 3.05) is 66.2 Å². The van der Waals surface area contributed by atoms with E-state index in [1.165, 1.54) is 50.0 Å². The molecule has 1 aliphatic rings. The summed E-state index contributed by atoms with van der Waals surface area (Å²) in [5, 5.41) is 9.09. The predicted molar refractivity (Wildman–Crippen MR) is 206 cm³/mol. The zero-order valence-electron chi connectivity index (χ0n) is 31.5. The van der Waals surface area contributed by atoms with Crippen LogP contribution in [0.3, 0.4) is 0 Å². The Hall–Kier alpha value is -3.56. The molecule has 0 radical (unpaired) electrons. The summed E-state index contributed by atoms with van der Waals surface area (Å²) >= 11 is 0. The summed E-state index contributed by atoms with van der Waals surface area (Å²) in [6, 6.07) is 25.3. The van der Waals surface area contributed by atoms with Gasteiger partial charge in [0.2, 0.25) is 0 Å². The SMILES string of the molecule is CCN(C)COC(C)(CC)CCN1CCN(CCCCCCOc2cccc(C)c2-n2c(C)nnc2-c2ccc(-c3ccccc3)cc2)CC1. The quantitative estimate of drug-likeness (QED) is 0.0730. The fourth-order valence-electron chi connectivity index (χ4n) is 6.61. The third-order valence-electron chi connectivity index (χ3n) is 10.5. The Morgan fingerprint density at radius 2 is 1.40 bits per heavy atom. The lowest BCUT2D eigenvalue weighted by Gasteiger charge is -2.37. The summed E-state index contributed by atoms with van der Waals surface area (Å²) in [6.07, 6.45) is 6.84. The molecule has 0 aliphatic carbocycles. The maximum atomic E-state index is 6.46. The van der Waals surface area contributed by atoms with Gasteiger partial charge in [0, 0.05) is 38.3 Å². The minimum atomic E-state index is -0.0420. The number of hydrogen-bond donors (Lipinski definition) is 0. The molecule has 3 aromatic carbocycles. The second-order valence-corrected chi connectivity index (χ2v) is 14.2. The molecule has 270 valence electrons. The Labute approximate surface area is 301 Å². The van der Waals surface area contributed by atoms with Crippen LogP contribution >= 0.6 is 0 Å². The summed E-state index contributed by atoms with van der Waals surface area (Å²) in [7, 11) is 2.12. The number of hydrogen-bond acceptors (Lipinski definition) is 7. The van der Waals surface area contributed by atoms with Crippen molar-refractivity contribution in [1.82, 2.24) is 29.5 Å². The van der Waals surface area contributed by atoms with Crippen LogP contribution in [0, 0.1) is 13.8 Å². The number of para-hydroxylation sites is 1. The van der Waals surface area contributed by atoms with Crippen LogP contribution in [0.5, 0.6) is 5.75 Å². The average molecular weight is 681 g/mol. The molecule has 0 saturated carbocycles. The summed E-state index contributed by atoms with van der Waals surface area (Å²) in [5.74, 6) is 2.55. The lowest BCUT2D eigenvalue weighted by molar-refractivity contribution is -0.0873. The summed E-state index contributed by atoms with van der Waals surface area (Å²) in [5.41, 5.74) is 5.53. The molecule has 8 nitrogen and oxygen atoms in total. The molecule has 1 atom stereocenters. The number of piperazine rings is 1. The third-order valence-corrected chi connectivity index (χ3v) is 10.5. The van der Waals surface area contributed by atoms with Crippen molar-refractivity contribution in [1.29, 1.82) is 0 Å². The Kier molecular flexibility index (Phi) is 14.0. The molecule has 1 unspecified atom stereocenters. The minimum absolute atomic E-state index is 0.0420. The Balaban J connectivity index is 1.05. The number of aryl methyl sites for hydroxylation is 2. The maximum Gasteiger partial charge on any atom is 0.168 e. The molecule has 50 heavy (non-hydrogen) atoms. The van der Waals surface area contributed by atoms with Gasteiger partial charge in [-0.2, -0.15) is 0 Å². The van der Waals surface area contributed by atoms with Crippen LogP contribution in [-0.4, -0.2) is 101 Å². The molecular weight excluding hydrogens is 621 g/mol. The van der Waals surface area contributed by atoms with Gasteiger partial charge >= 0.3 is 0 Å². The van der Waals surface area contributed by atoms with Crippen LogP contribution in [0.25, 0.3) is 28.2 Å². The van der Waals surface area contributed by atoms with E-state index in [0.29, 0.717) is 13.3 Å². The summed E-state index contributed by atoms with van der Waals surface area (Å²) in [6.45, 7) is 20.2. The van der Waals surface area contributed by atoms with Gasteiger partial charge in [0.1, 0.15) is 11.6 Å². The number of aromatic nitrogens is 3. The molecule has 1 aromatic heterocycles. The van der Waals surface area contributed by atoms with Gasteiger partial charge in [-0.05, 0) is 89.3 Å². The first-order valence-corrected chi connectivity index (χ1v) is 18.9. The van der Waals surface area contributed by atoms with Crippen LogP contribution < -0.4 is 4.74 Å². The average Bonchev–Trinajstić information content (AvgIpc) is 3.53. The van der Waals surface area contributed by atoms with E-state index in [9.17, 15) is 0 Å². The molecule has 0 spiro atoms. The maximum absolute atomic E-state index is 6.46. The molecule has 4 aromatic rings. The lowest BCUT2D eigenvalue weighted by atomic mass is 9.98. The largest absolute Gasteiger partial charge is 0.491 e. The third kappa shape index (κ3) is 10.3. The van der Waals surface area contributed by atoms with Gasteiger partial charge in [-0.1, -0.05) is 93.4 Å². The first-order chi connectivity index (χ1) is 24.3. The molecule has 1 aliphatic heterocycles. The molecule has 1 fully saturated rings. The van der Waals surface area contributed by atoms with E-state index in [2.05, 4.69) is 131 Å². The van der Waals surface area contributed by atoms with Gasteiger partial charge in [0.25, 0.3) is 0 Å². The molecule has 0 N–H and O–H groups in total. The van der Waals surface area contributed by atoms with Gasteiger partial charge < -0.3 is 19.3 Å². The van der Waals surface area contributed by atoms with Gasteiger partial charge in [0.15, 0.2) is 5.82 Å². The van der Waals surface area contributed by atoms with Crippen molar-refractivity contribution in [3.63, 3.8) is 0 Å². The standard InChI is InChI=1S/C42H60N6O2/c1-7-42(5,50-33-45(6)8-2)25-27-47-30-28-46(29-31-47)26-14-9-10-15-32-49-39-20-16-17-34(3)40(39)48-35(4)43-44-41(48)38-23-21-37(22-24-38)36-18-12-11-13-19-36/h11-13,16-24H,7-10,14-15,25-33H2,1-6H3. The van der Waals surface area contributed by atoms with Gasteiger partial charge in [-0.3, -0.25) is 9.47 Å². The first kappa shape index (κ1) is 37.7. The van der Waals surface area contributed by atoms with Crippen LogP contribution in [-0.2, 0) is 4.74 Å². The van der Waals surface area contributed by atoms with Crippen LogP contribution in [0.1, 0.15) is 70.7 Å². The summed E-state index contributed by atoms with van der Waals surface area (Å²) < 4.78 is 14.9. The zero-order chi connectivity index (χ0) is 35.3. The van der Waals surface area contributed by atoms with Crippen molar-refractivity contribution in [2.24, 2.45) is 0 Å². The molecule has 2 heterocycles. The van der Waals surface area contributed by atoms with E-state index in [1.54, 1.807) is 0 Å². The zero-order valence-corrected chi connectivity index (χ0v) is 31.5. The highest BCUT2D eigenvalue weighted by molar-refractivity contribution is 5.69. The lowest BCUT2D eigenvalue weighted by Crippen LogP contribution is -2.48. The molecule has 1 saturated heterocycles. The monoisotopic (exact) mass is 680 g/mol. The van der Waals surface area contributed by atoms with Gasteiger partial charge in [-0.25, -0.2) is 0 Å². The van der Waals surface area contributed by atoms with Crippen molar-refractivity contribution in [3.05, 3.63) is 84.2 Å². The number of rotatable bonds is 19. The highest BCUT2D eigenvalue weighted by Crippen LogP contribution is 2.33. The van der Waals surface area contributed by atoms with E-state index in [4.69, 9.17) is 9.47 Å². The van der Waals surface area contributed by atoms with Crippen molar-refractivity contribution < 1.29 is 9.47 Å². The van der Waals surface area contributed by atoms with Gasteiger partial charge in [0.05, 0.1) is 24.6 Å². The van der Waals surface area contributed by atoms with Crippen LogP contribution in [0.4, 0.5) is 0 Å². The number of ether oxygens (including phenoxy) is 2. The molecular formula is C42H60N6O2. The smallest absolute Gasteiger partial charge is 0.168 e. The molecule has 0 bridgehead atoms. The van der Waals surface area contributed by atoms with E-state index in [0.717, 1.165) is 79.7 Å². The highest BCUT2D eigenvalue weighted by atomic mass is 16.5. The Morgan fingerprint density at radius 3 is 2.10 bits per heavy atom.